The van der Waals surface area contributed by atoms with Crippen LogP contribution in [0.4, 0.5) is 15.8 Å². The lowest BCUT2D eigenvalue weighted by atomic mass is 10.1. The standard InChI is InChI=1S/C19H22ClFN4O3/c1-23(2)16-12-15(13(20)17(14(16)21)24-6-5-9(22)7-24)25(10-3-4-10)8-11(18(12)26)19(27)28/h8-10H,3-7,22H2,1-2H3,(H,27,28). The number of hydrogen-bond acceptors (Lipinski definition) is 5. The number of carboxylic acids is 1. The number of halogens is 2. The highest BCUT2D eigenvalue weighted by Crippen LogP contribution is 2.46. The van der Waals surface area contributed by atoms with Gasteiger partial charge in [-0.1, -0.05) is 11.6 Å². The average Bonchev–Trinajstić information content (AvgIpc) is 3.37. The molecule has 0 spiro atoms. The highest BCUT2D eigenvalue weighted by atomic mass is 35.5. The lowest BCUT2D eigenvalue weighted by Gasteiger charge is -2.27. The van der Waals surface area contributed by atoms with Gasteiger partial charge in [0.05, 0.1) is 27.3 Å². The normalized spacial score (nSPS) is 19.5. The number of aromatic nitrogens is 1. The van der Waals surface area contributed by atoms with Crippen LogP contribution >= 0.6 is 11.6 Å². The van der Waals surface area contributed by atoms with Gasteiger partial charge in [0.25, 0.3) is 0 Å². The smallest absolute Gasteiger partial charge is 0.341 e. The van der Waals surface area contributed by atoms with Crippen LogP contribution in [0.1, 0.15) is 35.7 Å². The Morgan fingerprint density at radius 2 is 2.04 bits per heavy atom. The van der Waals surface area contributed by atoms with Gasteiger partial charge in [-0.25, -0.2) is 9.18 Å². The molecule has 150 valence electrons. The summed E-state index contributed by atoms with van der Waals surface area (Å²) < 4.78 is 17.4. The summed E-state index contributed by atoms with van der Waals surface area (Å²) in [5, 5.41) is 9.64. The van der Waals surface area contributed by atoms with E-state index in [0.717, 1.165) is 19.3 Å². The molecule has 1 saturated heterocycles. The number of carbonyl (C=O) groups is 1. The second-order valence-electron chi connectivity index (χ2n) is 7.75. The molecule has 2 aliphatic rings. The molecule has 3 N–H and O–H groups in total. The molecule has 1 saturated carbocycles. The predicted molar refractivity (Wildman–Crippen MR) is 108 cm³/mol. The number of benzene rings is 1. The summed E-state index contributed by atoms with van der Waals surface area (Å²) in [6, 6.07) is -0.0261. The Hall–Kier alpha value is -2.32. The zero-order chi connectivity index (χ0) is 20.3. The van der Waals surface area contributed by atoms with Gasteiger partial charge in [-0.3, -0.25) is 4.79 Å². The number of rotatable bonds is 4. The van der Waals surface area contributed by atoms with Crippen LogP contribution in [0.15, 0.2) is 11.0 Å². The SMILES string of the molecule is CN(C)c1c(F)c(N2CCC(N)C2)c(Cl)c2c1c(=O)c(C(=O)O)cn2C1CC1. The maximum absolute atomic E-state index is 15.7. The number of nitrogens with zero attached hydrogens (tertiary/aromatic N) is 3. The van der Waals surface area contributed by atoms with Crippen molar-refractivity contribution in [2.45, 2.75) is 31.3 Å². The Morgan fingerprint density at radius 3 is 2.54 bits per heavy atom. The Balaban J connectivity index is 2.15. The van der Waals surface area contributed by atoms with Crippen molar-refractivity contribution in [2.75, 3.05) is 37.0 Å². The zero-order valence-corrected chi connectivity index (χ0v) is 16.5. The first-order valence-corrected chi connectivity index (χ1v) is 9.61. The second kappa shape index (κ2) is 6.63. The van der Waals surface area contributed by atoms with E-state index in [1.54, 1.807) is 18.7 Å². The summed E-state index contributed by atoms with van der Waals surface area (Å²) in [6.45, 7) is 1.03. The minimum atomic E-state index is -1.34. The summed E-state index contributed by atoms with van der Waals surface area (Å²) in [6.07, 6.45) is 3.77. The molecule has 1 aromatic carbocycles. The molecule has 28 heavy (non-hydrogen) atoms. The Morgan fingerprint density at radius 1 is 1.36 bits per heavy atom. The molecule has 2 fully saturated rings. The predicted octanol–water partition coefficient (Wildman–Crippen LogP) is 2.43. The molecule has 7 nitrogen and oxygen atoms in total. The lowest BCUT2D eigenvalue weighted by molar-refractivity contribution is 0.0695. The van der Waals surface area contributed by atoms with E-state index in [1.165, 1.54) is 11.1 Å². The van der Waals surface area contributed by atoms with Gasteiger partial charge in [0.1, 0.15) is 5.56 Å². The van der Waals surface area contributed by atoms with E-state index >= 15 is 4.39 Å². The average molecular weight is 409 g/mol. The first-order chi connectivity index (χ1) is 13.2. The van der Waals surface area contributed by atoms with Crippen molar-refractivity contribution in [3.05, 3.63) is 32.8 Å². The zero-order valence-electron chi connectivity index (χ0n) is 15.7. The van der Waals surface area contributed by atoms with Crippen molar-refractivity contribution in [3.63, 3.8) is 0 Å². The number of carboxylic acid groups (broad SMARTS) is 1. The Kier molecular flexibility index (Phi) is 4.50. The van der Waals surface area contributed by atoms with E-state index in [9.17, 15) is 14.7 Å². The number of pyridine rings is 1. The van der Waals surface area contributed by atoms with Gasteiger partial charge < -0.3 is 25.2 Å². The number of aromatic carboxylic acids is 1. The Bertz CT molecular complexity index is 1050. The second-order valence-corrected chi connectivity index (χ2v) is 8.13. The molecule has 1 aliphatic carbocycles. The van der Waals surface area contributed by atoms with E-state index in [2.05, 4.69) is 0 Å². The fraction of sp³-hybridized carbons (Fsp3) is 0.474. The van der Waals surface area contributed by atoms with Crippen molar-refractivity contribution in [1.82, 2.24) is 4.57 Å². The molecular formula is C19H22ClFN4O3. The van der Waals surface area contributed by atoms with Crippen molar-refractivity contribution < 1.29 is 14.3 Å². The van der Waals surface area contributed by atoms with Crippen LogP contribution in [0.5, 0.6) is 0 Å². The van der Waals surface area contributed by atoms with Gasteiger partial charge >= 0.3 is 5.97 Å². The summed E-state index contributed by atoms with van der Waals surface area (Å²) >= 11 is 6.68. The van der Waals surface area contributed by atoms with E-state index in [1.807, 2.05) is 4.90 Å². The van der Waals surface area contributed by atoms with Crippen molar-refractivity contribution in [2.24, 2.45) is 5.73 Å². The lowest BCUT2D eigenvalue weighted by Crippen LogP contribution is -2.29. The minimum Gasteiger partial charge on any atom is -0.477 e. The molecule has 2 aromatic rings. The van der Waals surface area contributed by atoms with Crippen LogP contribution in [0.25, 0.3) is 10.9 Å². The van der Waals surface area contributed by atoms with Gasteiger partial charge in [0.2, 0.25) is 5.43 Å². The maximum atomic E-state index is 15.7. The van der Waals surface area contributed by atoms with Gasteiger partial charge in [0.15, 0.2) is 5.82 Å². The number of anilines is 2. The number of hydrogen-bond donors (Lipinski definition) is 2. The first-order valence-electron chi connectivity index (χ1n) is 9.23. The highest BCUT2D eigenvalue weighted by Gasteiger charge is 2.34. The van der Waals surface area contributed by atoms with Gasteiger partial charge in [-0.15, -0.1) is 0 Å². The molecule has 0 radical (unpaired) electrons. The molecule has 9 heteroatoms. The fourth-order valence-corrected chi connectivity index (χ4v) is 4.38. The third-order valence-electron chi connectivity index (χ3n) is 5.46. The molecule has 1 atom stereocenters. The molecule has 2 heterocycles. The third kappa shape index (κ3) is 2.82. The van der Waals surface area contributed by atoms with Crippen molar-refractivity contribution in [3.8, 4) is 0 Å². The maximum Gasteiger partial charge on any atom is 0.341 e. The monoisotopic (exact) mass is 408 g/mol. The molecule has 1 unspecified atom stereocenters. The fourth-order valence-electron chi connectivity index (χ4n) is 3.99. The number of nitrogens with two attached hydrogens (primary N) is 1. The van der Waals surface area contributed by atoms with Crippen molar-refractivity contribution in [1.29, 1.82) is 0 Å². The number of fused-ring (bicyclic) bond motifs is 1. The minimum absolute atomic E-state index is 0.00606. The summed E-state index contributed by atoms with van der Waals surface area (Å²) in [7, 11) is 3.25. The van der Waals surface area contributed by atoms with Gasteiger partial charge in [-0.2, -0.15) is 0 Å². The molecule has 1 aromatic heterocycles. The Labute approximate surface area is 166 Å². The molecule has 0 bridgehead atoms. The van der Waals surface area contributed by atoms with Crippen LogP contribution in [0.3, 0.4) is 0 Å². The van der Waals surface area contributed by atoms with Crippen LogP contribution in [-0.2, 0) is 0 Å². The van der Waals surface area contributed by atoms with Crippen LogP contribution in [-0.4, -0.2) is 48.9 Å². The van der Waals surface area contributed by atoms with E-state index in [4.69, 9.17) is 17.3 Å². The van der Waals surface area contributed by atoms with E-state index in [-0.39, 0.29) is 39.4 Å². The topological polar surface area (TPSA) is 91.8 Å². The highest BCUT2D eigenvalue weighted by molar-refractivity contribution is 6.38. The third-order valence-corrected chi connectivity index (χ3v) is 5.82. The van der Waals surface area contributed by atoms with E-state index < -0.39 is 17.2 Å². The van der Waals surface area contributed by atoms with Crippen LogP contribution in [0.2, 0.25) is 5.02 Å². The molecule has 4 rings (SSSR count). The molecule has 1 aliphatic heterocycles. The molecule has 0 amide bonds. The molecular weight excluding hydrogens is 387 g/mol. The summed E-state index contributed by atoms with van der Waals surface area (Å²) in [5.74, 6) is -1.96. The van der Waals surface area contributed by atoms with Gasteiger partial charge in [-0.05, 0) is 19.3 Å². The quantitative estimate of drug-likeness (QED) is 0.807. The largest absolute Gasteiger partial charge is 0.477 e. The first kappa shape index (κ1) is 19.0. The summed E-state index contributed by atoms with van der Waals surface area (Å²) in [4.78, 5) is 28.0. The van der Waals surface area contributed by atoms with Crippen LogP contribution < -0.4 is 21.0 Å². The van der Waals surface area contributed by atoms with E-state index in [0.29, 0.717) is 18.6 Å². The van der Waals surface area contributed by atoms with Crippen molar-refractivity contribution >= 4 is 39.8 Å². The summed E-state index contributed by atoms with van der Waals surface area (Å²) in [5.41, 5.74) is 5.56. The van der Waals surface area contributed by atoms with Gasteiger partial charge in [0, 0.05) is 45.5 Å². The van der Waals surface area contributed by atoms with Crippen LogP contribution in [0, 0.1) is 5.82 Å².